The zero-order valence-electron chi connectivity index (χ0n) is 20.6. The maximum absolute atomic E-state index is 13.4. The zero-order valence-corrected chi connectivity index (χ0v) is 22.3. The van der Waals surface area contributed by atoms with E-state index in [1.165, 1.54) is 29.2 Å². The molecule has 5 nitrogen and oxygen atoms in total. The molecule has 0 radical (unpaired) electrons. The number of hydrogen-bond acceptors (Lipinski definition) is 5. The van der Waals surface area contributed by atoms with Crippen LogP contribution in [0.5, 0.6) is 0 Å². The minimum Gasteiger partial charge on any atom is -0.323 e. The van der Waals surface area contributed by atoms with E-state index in [1.807, 2.05) is 104 Å². The summed E-state index contributed by atoms with van der Waals surface area (Å²) in [4.78, 5) is 31.2. The molecule has 1 aromatic heterocycles. The van der Waals surface area contributed by atoms with E-state index in [0.29, 0.717) is 10.8 Å². The second-order valence-electron chi connectivity index (χ2n) is 8.65. The van der Waals surface area contributed by atoms with Crippen molar-refractivity contribution in [2.75, 3.05) is 10.6 Å². The number of rotatable bonds is 8. The first-order valence-electron chi connectivity index (χ1n) is 12.1. The Hall–Kier alpha value is -4.20. The Bertz CT molecular complexity index is 1580. The van der Waals surface area contributed by atoms with Crippen LogP contribution in [0.4, 0.5) is 10.8 Å². The molecule has 0 aliphatic carbocycles. The number of thiazole rings is 1. The van der Waals surface area contributed by atoms with Gasteiger partial charge >= 0.3 is 0 Å². The number of benzene rings is 4. The molecule has 0 bridgehead atoms. The Balaban J connectivity index is 1.28. The summed E-state index contributed by atoms with van der Waals surface area (Å²) in [5, 5.41) is 6.00. The number of nitrogens with zero attached hydrogens (tertiary/aromatic N) is 1. The van der Waals surface area contributed by atoms with Crippen molar-refractivity contribution in [3.05, 3.63) is 126 Å². The number of hydrogen-bond donors (Lipinski definition) is 2. The molecule has 2 amide bonds. The van der Waals surface area contributed by atoms with Gasteiger partial charge in [-0.3, -0.25) is 9.59 Å². The van der Waals surface area contributed by atoms with Gasteiger partial charge in [0.05, 0.1) is 10.2 Å². The molecule has 1 unspecified atom stereocenters. The number of fused-ring (bicyclic) bond motifs is 1. The van der Waals surface area contributed by atoms with Gasteiger partial charge in [-0.05, 0) is 66.1 Å². The monoisotopic (exact) mass is 535 g/mol. The lowest BCUT2D eigenvalue weighted by Gasteiger charge is -2.16. The number of aromatic nitrogens is 1. The molecule has 0 aliphatic rings. The third kappa shape index (κ3) is 6.56. The van der Waals surface area contributed by atoms with E-state index in [-0.39, 0.29) is 11.8 Å². The third-order valence-electron chi connectivity index (χ3n) is 5.72. The number of amides is 2. The molecular weight excluding hydrogens is 510 g/mol. The van der Waals surface area contributed by atoms with Crippen LogP contribution in [0.1, 0.15) is 21.9 Å². The highest BCUT2D eigenvalue weighted by Crippen LogP contribution is 2.37. The van der Waals surface area contributed by atoms with Crippen LogP contribution < -0.4 is 10.6 Å². The van der Waals surface area contributed by atoms with E-state index in [0.717, 1.165) is 31.8 Å². The first kappa shape index (κ1) is 25.4. The Morgan fingerprint density at radius 3 is 2.32 bits per heavy atom. The standard InChI is InChI=1S/C31H25N3O2S2/c1-21-12-18-26-27(20-21)38-31(33-26)34-30(36)29(23-10-6-3-7-11-23)37-25-16-14-24(15-17-25)32-28(35)19-13-22-8-4-2-5-9-22/h2-20,29H,1H3,(H,32,35)(H,33,34,36)/b19-13+. The first-order chi connectivity index (χ1) is 18.5. The Kier molecular flexibility index (Phi) is 7.97. The molecule has 0 saturated carbocycles. The quantitative estimate of drug-likeness (QED) is 0.158. The van der Waals surface area contributed by atoms with Crippen molar-refractivity contribution in [3.63, 3.8) is 0 Å². The van der Waals surface area contributed by atoms with Crippen LogP contribution in [0, 0.1) is 6.92 Å². The topological polar surface area (TPSA) is 71.1 Å². The van der Waals surface area contributed by atoms with Crippen LogP contribution >= 0.6 is 23.1 Å². The van der Waals surface area contributed by atoms with Gasteiger partial charge in [0, 0.05) is 16.7 Å². The van der Waals surface area contributed by atoms with E-state index >= 15 is 0 Å². The van der Waals surface area contributed by atoms with Crippen molar-refractivity contribution in [1.82, 2.24) is 4.98 Å². The first-order valence-corrected chi connectivity index (χ1v) is 13.8. The molecule has 0 fully saturated rings. The van der Waals surface area contributed by atoms with Gasteiger partial charge in [0.25, 0.3) is 0 Å². The average Bonchev–Trinajstić information content (AvgIpc) is 3.33. The lowest BCUT2D eigenvalue weighted by molar-refractivity contribution is -0.116. The number of carbonyl (C=O) groups excluding carboxylic acids is 2. The van der Waals surface area contributed by atoms with Gasteiger partial charge in [0.2, 0.25) is 11.8 Å². The van der Waals surface area contributed by atoms with Gasteiger partial charge in [-0.2, -0.15) is 0 Å². The van der Waals surface area contributed by atoms with E-state index in [1.54, 1.807) is 6.08 Å². The highest BCUT2D eigenvalue weighted by molar-refractivity contribution is 8.00. The fourth-order valence-corrected chi connectivity index (χ4v) is 5.82. The maximum atomic E-state index is 13.4. The predicted octanol–water partition coefficient (Wildman–Crippen LogP) is 7.73. The molecular formula is C31H25N3O2S2. The van der Waals surface area contributed by atoms with Gasteiger partial charge in [-0.25, -0.2) is 4.98 Å². The van der Waals surface area contributed by atoms with Crippen LogP contribution in [-0.2, 0) is 9.59 Å². The lowest BCUT2D eigenvalue weighted by atomic mass is 10.1. The minimum absolute atomic E-state index is 0.139. The van der Waals surface area contributed by atoms with Crippen molar-refractivity contribution in [2.45, 2.75) is 17.1 Å². The summed E-state index contributed by atoms with van der Waals surface area (Å²) in [5.41, 5.74) is 4.57. The summed E-state index contributed by atoms with van der Waals surface area (Å²) in [6.07, 6.45) is 3.28. The molecule has 1 atom stereocenters. The van der Waals surface area contributed by atoms with Crippen LogP contribution in [0.3, 0.4) is 0 Å². The van der Waals surface area contributed by atoms with E-state index in [4.69, 9.17) is 0 Å². The molecule has 0 aliphatic heterocycles. The number of nitrogens with one attached hydrogen (secondary N) is 2. The van der Waals surface area contributed by atoms with Gasteiger partial charge < -0.3 is 10.6 Å². The van der Waals surface area contributed by atoms with Crippen LogP contribution in [0.15, 0.2) is 114 Å². The van der Waals surface area contributed by atoms with Crippen molar-refractivity contribution in [3.8, 4) is 0 Å². The largest absolute Gasteiger partial charge is 0.323 e. The fourth-order valence-electron chi connectivity index (χ4n) is 3.83. The molecule has 7 heteroatoms. The molecule has 188 valence electrons. The number of thioether (sulfide) groups is 1. The normalized spacial score (nSPS) is 11.9. The van der Waals surface area contributed by atoms with Crippen LogP contribution in [0.2, 0.25) is 0 Å². The Morgan fingerprint density at radius 1 is 0.868 bits per heavy atom. The van der Waals surface area contributed by atoms with E-state index < -0.39 is 5.25 Å². The second-order valence-corrected chi connectivity index (χ2v) is 10.9. The van der Waals surface area contributed by atoms with E-state index in [9.17, 15) is 9.59 Å². The SMILES string of the molecule is Cc1ccc2nc(NC(=O)C(Sc3ccc(NC(=O)/C=C/c4ccccc4)cc3)c3ccccc3)sc2c1. The van der Waals surface area contributed by atoms with Gasteiger partial charge in [0.15, 0.2) is 5.13 Å². The molecule has 2 N–H and O–H groups in total. The lowest BCUT2D eigenvalue weighted by Crippen LogP contribution is -2.18. The minimum atomic E-state index is -0.473. The highest BCUT2D eigenvalue weighted by atomic mass is 32.2. The van der Waals surface area contributed by atoms with E-state index in [2.05, 4.69) is 21.7 Å². The number of carbonyl (C=O) groups is 2. The van der Waals surface area contributed by atoms with Crippen LogP contribution in [0.25, 0.3) is 16.3 Å². The molecule has 5 aromatic rings. The molecule has 1 heterocycles. The number of aryl methyl sites for hydroxylation is 1. The molecule has 0 spiro atoms. The third-order valence-corrected chi connectivity index (χ3v) is 7.92. The molecule has 38 heavy (non-hydrogen) atoms. The van der Waals surface area contributed by atoms with Gasteiger partial charge in [-0.1, -0.05) is 78.1 Å². The van der Waals surface area contributed by atoms with Crippen LogP contribution in [-0.4, -0.2) is 16.8 Å². The van der Waals surface area contributed by atoms with Crippen molar-refractivity contribution in [1.29, 1.82) is 0 Å². The summed E-state index contributed by atoms with van der Waals surface area (Å²) in [6, 6.07) is 32.9. The summed E-state index contributed by atoms with van der Waals surface area (Å²) < 4.78 is 1.04. The highest BCUT2D eigenvalue weighted by Gasteiger charge is 2.23. The summed E-state index contributed by atoms with van der Waals surface area (Å²) in [5.74, 6) is -0.345. The summed E-state index contributed by atoms with van der Waals surface area (Å²) in [6.45, 7) is 2.04. The molecule has 0 saturated heterocycles. The van der Waals surface area contributed by atoms with Crippen molar-refractivity contribution >= 4 is 62.0 Å². The fraction of sp³-hybridized carbons (Fsp3) is 0.0645. The number of anilines is 2. The Labute approximate surface area is 229 Å². The zero-order chi connectivity index (χ0) is 26.3. The smallest absolute Gasteiger partial charge is 0.248 e. The molecule has 5 rings (SSSR count). The summed E-state index contributed by atoms with van der Waals surface area (Å²) in [7, 11) is 0. The maximum Gasteiger partial charge on any atom is 0.248 e. The second kappa shape index (κ2) is 11.9. The summed E-state index contributed by atoms with van der Waals surface area (Å²) >= 11 is 2.92. The van der Waals surface area contributed by atoms with Gasteiger partial charge in [-0.15, -0.1) is 11.8 Å². The Morgan fingerprint density at radius 2 is 1.58 bits per heavy atom. The van der Waals surface area contributed by atoms with Crippen molar-refractivity contribution < 1.29 is 9.59 Å². The predicted molar refractivity (Wildman–Crippen MR) is 159 cm³/mol. The van der Waals surface area contributed by atoms with Gasteiger partial charge in [0.1, 0.15) is 5.25 Å². The average molecular weight is 536 g/mol. The molecule has 4 aromatic carbocycles. The van der Waals surface area contributed by atoms with Crippen molar-refractivity contribution in [2.24, 2.45) is 0 Å².